The summed E-state index contributed by atoms with van der Waals surface area (Å²) in [4.78, 5) is 12.8. The molecular formula is C9H16N2O3. The molecule has 2 aliphatic heterocycles. The lowest BCUT2D eigenvalue weighted by Crippen LogP contribution is -2.69. The van der Waals surface area contributed by atoms with E-state index in [0.717, 1.165) is 26.1 Å². The fraction of sp³-hybridized carbons (Fsp3) is 0.889. The molecule has 2 rings (SSSR count). The van der Waals surface area contributed by atoms with Gasteiger partial charge in [-0.1, -0.05) is 0 Å². The first-order valence-corrected chi connectivity index (χ1v) is 4.98. The Morgan fingerprint density at radius 1 is 1.57 bits per heavy atom. The number of β-amino-alcohol motifs (C(OH)–C–C–N with tert-alkyl or cyclic N) is 1. The number of hydrogen-bond donors (Lipinski definition) is 3. The average molecular weight is 200 g/mol. The van der Waals surface area contributed by atoms with Crippen molar-refractivity contribution < 1.29 is 15.0 Å². The maximum absolute atomic E-state index is 10.7. The van der Waals surface area contributed by atoms with Gasteiger partial charge in [0.15, 0.2) is 0 Å². The highest BCUT2D eigenvalue weighted by molar-refractivity contribution is 5.68. The lowest BCUT2D eigenvalue weighted by atomic mass is 9.87. The summed E-state index contributed by atoms with van der Waals surface area (Å²) in [6, 6.07) is 0. The van der Waals surface area contributed by atoms with Crippen LogP contribution < -0.4 is 5.32 Å². The monoisotopic (exact) mass is 200 g/mol. The first kappa shape index (κ1) is 9.89. The zero-order valence-corrected chi connectivity index (χ0v) is 8.07. The second kappa shape index (κ2) is 3.49. The van der Waals surface area contributed by atoms with Crippen LogP contribution >= 0.6 is 0 Å². The van der Waals surface area contributed by atoms with Crippen LogP contribution in [0.5, 0.6) is 0 Å². The van der Waals surface area contributed by atoms with E-state index in [0.29, 0.717) is 6.54 Å². The molecule has 80 valence electrons. The number of carbonyl (C=O) groups is 1. The molecule has 2 heterocycles. The topological polar surface area (TPSA) is 72.8 Å². The van der Waals surface area contributed by atoms with Crippen molar-refractivity contribution in [1.29, 1.82) is 0 Å². The lowest BCUT2D eigenvalue weighted by Gasteiger charge is -2.48. The molecular weight excluding hydrogens is 184 g/mol. The Labute approximate surface area is 82.7 Å². The fourth-order valence-corrected chi connectivity index (χ4v) is 2.33. The van der Waals surface area contributed by atoms with E-state index in [-0.39, 0.29) is 18.1 Å². The van der Waals surface area contributed by atoms with E-state index in [9.17, 15) is 9.90 Å². The molecule has 3 N–H and O–H groups in total. The SMILES string of the molecule is O=C(O)CC1(N2CCC(O)C2)CNC1. The van der Waals surface area contributed by atoms with E-state index in [4.69, 9.17) is 5.11 Å². The molecule has 0 aromatic carbocycles. The van der Waals surface area contributed by atoms with Crippen LogP contribution in [0.25, 0.3) is 0 Å². The predicted octanol–water partition coefficient (Wildman–Crippen LogP) is -1.13. The molecule has 5 heteroatoms. The lowest BCUT2D eigenvalue weighted by molar-refractivity contribution is -0.141. The largest absolute Gasteiger partial charge is 0.481 e. The summed E-state index contributed by atoms with van der Waals surface area (Å²) in [5.74, 6) is -0.757. The summed E-state index contributed by atoms with van der Waals surface area (Å²) < 4.78 is 0. The van der Waals surface area contributed by atoms with Crippen molar-refractivity contribution in [2.45, 2.75) is 24.5 Å². The maximum Gasteiger partial charge on any atom is 0.305 e. The summed E-state index contributed by atoms with van der Waals surface area (Å²) in [6.07, 6.45) is 0.662. The van der Waals surface area contributed by atoms with Crippen molar-refractivity contribution >= 4 is 5.97 Å². The third-order valence-electron chi connectivity index (χ3n) is 3.22. The highest BCUT2D eigenvalue weighted by Crippen LogP contribution is 2.28. The van der Waals surface area contributed by atoms with Crippen molar-refractivity contribution in [3.63, 3.8) is 0 Å². The molecule has 0 amide bonds. The Morgan fingerprint density at radius 2 is 2.29 bits per heavy atom. The Bertz CT molecular complexity index is 240. The third kappa shape index (κ3) is 1.63. The van der Waals surface area contributed by atoms with Crippen molar-refractivity contribution in [1.82, 2.24) is 10.2 Å². The number of aliphatic hydroxyl groups excluding tert-OH is 1. The first-order chi connectivity index (χ1) is 6.62. The summed E-state index contributed by atoms with van der Waals surface area (Å²) in [6.45, 7) is 2.89. The van der Waals surface area contributed by atoms with Crippen molar-refractivity contribution in [3.05, 3.63) is 0 Å². The molecule has 1 unspecified atom stereocenters. The molecule has 0 aromatic heterocycles. The van der Waals surface area contributed by atoms with Crippen molar-refractivity contribution in [3.8, 4) is 0 Å². The van der Waals surface area contributed by atoms with Gasteiger partial charge < -0.3 is 15.5 Å². The van der Waals surface area contributed by atoms with E-state index in [2.05, 4.69) is 10.2 Å². The molecule has 0 saturated carbocycles. The van der Waals surface area contributed by atoms with Gasteiger partial charge in [0.05, 0.1) is 18.1 Å². The standard InChI is InChI=1S/C9H16N2O3/c12-7-1-2-11(4-7)9(3-8(13)14)5-10-6-9/h7,10,12H,1-6H2,(H,13,14). The number of nitrogens with one attached hydrogen (secondary N) is 1. The molecule has 2 saturated heterocycles. The van der Waals surface area contributed by atoms with Gasteiger partial charge in [-0.3, -0.25) is 9.69 Å². The fourth-order valence-electron chi connectivity index (χ4n) is 2.33. The van der Waals surface area contributed by atoms with Gasteiger partial charge in [0, 0.05) is 26.2 Å². The minimum absolute atomic E-state index is 0.173. The van der Waals surface area contributed by atoms with E-state index in [1.54, 1.807) is 0 Å². The quantitative estimate of drug-likeness (QED) is 0.537. The zero-order valence-electron chi connectivity index (χ0n) is 8.07. The van der Waals surface area contributed by atoms with Gasteiger partial charge >= 0.3 is 5.97 Å². The molecule has 0 radical (unpaired) electrons. The smallest absolute Gasteiger partial charge is 0.305 e. The van der Waals surface area contributed by atoms with Crippen LogP contribution in [0.4, 0.5) is 0 Å². The Hall–Kier alpha value is -0.650. The molecule has 2 aliphatic rings. The summed E-state index contributed by atoms with van der Waals surface area (Å²) in [7, 11) is 0. The number of aliphatic hydroxyl groups is 1. The van der Waals surface area contributed by atoms with Gasteiger partial charge in [0.2, 0.25) is 0 Å². The summed E-state index contributed by atoms with van der Waals surface area (Å²) in [5, 5.41) is 21.3. The number of carboxylic acids is 1. The van der Waals surface area contributed by atoms with Crippen LogP contribution in [0.1, 0.15) is 12.8 Å². The van der Waals surface area contributed by atoms with Gasteiger partial charge in [-0.2, -0.15) is 0 Å². The number of hydrogen-bond acceptors (Lipinski definition) is 4. The summed E-state index contributed by atoms with van der Waals surface area (Å²) in [5.41, 5.74) is -0.233. The van der Waals surface area contributed by atoms with Crippen molar-refractivity contribution in [2.75, 3.05) is 26.2 Å². The van der Waals surface area contributed by atoms with E-state index < -0.39 is 5.97 Å². The van der Waals surface area contributed by atoms with Crippen LogP contribution in [0.3, 0.4) is 0 Å². The zero-order chi connectivity index (χ0) is 10.2. The van der Waals surface area contributed by atoms with Crippen LogP contribution in [0.2, 0.25) is 0 Å². The van der Waals surface area contributed by atoms with Gasteiger partial charge in [0.1, 0.15) is 0 Å². The van der Waals surface area contributed by atoms with Crippen LogP contribution in [0, 0.1) is 0 Å². The summed E-state index contributed by atoms with van der Waals surface area (Å²) >= 11 is 0. The average Bonchev–Trinajstić information content (AvgIpc) is 2.44. The molecule has 2 fully saturated rings. The Morgan fingerprint density at radius 3 is 2.64 bits per heavy atom. The third-order valence-corrected chi connectivity index (χ3v) is 3.22. The first-order valence-electron chi connectivity index (χ1n) is 4.98. The predicted molar refractivity (Wildman–Crippen MR) is 50.1 cm³/mol. The molecule has 1 atom stereocenters. The van der Waals surface area contributed by atoms with Gasteiger partial charge in [-0.15, -0.1) is 0 Å². The highest BCUT2D eigenvalue weighted by Gasteiger charge is 2.46. The molecule has 0 aliphatic carbocycles. The van der Waals surface area contributed by atoms with E-state index >= 15 is 0 Å². The van der Waals surface area contributed by atoms with Crippen LogP contribution in [0.15, 0.2) is 0 Å². The number of likely N-dealkylation sites (tertiary alicyclic amines) is 1. The number of rotatable bonds is 3. The second-order valence-corrected chi connectivity index (χ2v) is 4.29. The number of nitrogens with zero attached hydrogens (tertiary/aromatic N) is 1. The van der Waals surface area contributed by atoms with Gasteiger partial charge in [0.25, 0.3) is 0 Å². The normalized spacial score (nSPS) is 31.4. The Kier molecular flexibility index (Phi) is 2.47. The molecule has 0 bridgehead atoms. The maximum atomic E-state index is 10.7. The van der Waals surface area contributed by atoms with Gasteiger partial charge in [-0.25, -0.2) is 0 Å². The second-order valence-electron chi connectivity index (χ2n) is 4.29. The van der Waals surface area contributed by atoms with Crippen LogP contribution in [-0.4, -0.2) is 58.9 Å². The van der Waals surface area contributed by atoms with Crippen molar-refractivity contribution in [2.24, 2.45) is 0 Å². The van der Waals surface area contributed by atoms with Gasteiger partial charge in [-0.05, 0) is 6.42 Å². The number of aliphatic carboxylic acids is 1. The molecule has 14 heavy (non-hydrogen) atoms. The Balaban J connectivity index is 2.01. The molecule has 5 nitrogen and oxygen atoms in total. The van der Waals surface area contributed by atoms with E-state index in [1.165, 1.54) is 0 Å². The molecule has 0 aromatic rings. The van der Waals surface area contributed by atoms with Crippen LogP contribution in [-0.2, 0) is 4.79 Å². The number of carboxylic acid groups (broad SMARTS) is 1. The minimum atomic E-state index is -0.757. The van der Waals surface area contributed by atoms with E-state index in [1.807, 2.05) is 0 Å². The minimum Gasteiger partial charge on any atom is -0.481 e. The molecule has 0 spiro atoms. The highest BCUT2D eigenvalue weighted by atomic mass is 16.4.